The molecule has 1 aromatic rings. The minimum atomic E-state index is -0.553. The second-order valence-corrected chi connectivity index (χ2v) is 3.73. The molecule has 1 aliphatic rings. The lowest BCUT2D eigenvalue weighted by molar-refractivity contribution is -0.0230. The molecule has 8 nitrogen and oxygen atoms in total. The summed E-state index contributed by atoms with van der Waals surface area (Å²) in [5.74, 6) is 0.168. The quantitative estimate of drug-likeness (QED) is 0.390. The van der Waals surface area contributed by atoms with Crippen molar-refractivity contribution in [2.45, 2.75) is 12.8 Å². The Morgan fingerprint density at radius 1 is 1.06 bits per heavy atom. The molecule has 1 aromatic heterocycles. The first kappa shape index (κ1) is 10.4. The van der Waals surface area contributed by atoms with E-state index in [1.165, 1.54) is 0 Å². The summed E-state index contributed by atoms with van der Waals surface area (Å²) in [5.41, 5.74) is 5.13. The average molecular weight is 226 g/mol. The molecule has 0 atom stereocenters. The normalized spacial score (nSPS) is 15.6. The van der Waals surface area contributed by atoms with Gasteiger partial charge in [0.2, 0.25) is 5.49 Å². The van der Waals surface area contributed by atoms with Crippen LogP contribution in [-0.4, -0.2) is 33.2 Å². The fourth-order valence-electron chi connectivity index (χ4n) is 1.86. The van der Waals surface area contributed by atoms with Crippen LogP contribution in [0.1, 0.15) is 12.8 Å². The number of anilines is 2. The van der Waals surface area contributed by atoms with Crippen molar-refractivity contribution in [2.24, 2.45) is 0 Å². The summed E-state index contributed by atoms with van der Waals surface area (Å²) in [6, 6.07) is 0. The largest absolute Gasteiger partial charge is 0.409 e. The van der Waals surface area contributed by atoms with Crippen LogP contribution < -0.4 is 21.5 Å². The summed E-state index contributed by atoms with van der Waals surface area (Å²) < 4.78 is 0. The zero-order valence-electron chi connectivity index (χ0n) is 8.64. The molecular weight excluding hydrogens is 212 g/mol. The van der Waals surface area contributed by atoms with E-state index in [9.17, 15) is 10.4 Å². The topological polar surface area (TPSA) is 127 Å². The fourth-order valence-corrected chi connectivity index (χ4v) is 1.86. The first-order chi connectivity index (χ1) is 7.54. The molecule has 88 valence electrons. The third kappa shape index (κ3) is 1.30. The van der Waals surface area contributed by atoms with Crippen LogP contribution in [0, 0.1) is 10.8 Å². The summed E-state index contributed by atoms with van der Waals surface area (Å²) in [5, 5.41) is 33.6. The van der Waals surface area contributed by atoms with Crippen molar-refractivity contribution in [1.29, 1.82) is 10.8 Å². The Kier molecular flexibility index (Phi) is 2.26. The van der Waals surface area contributed by atoms with E-state index in [4.69, 9.17) is 16.6 Å². The summed E-state index contributed by atoms with van der Waals surface area (Å²) in [4.78, 5) is 2.38. The molecule has 1 fully saturated rings. The van der Waals surface area contributed by atoms with Gasteiger partial charge in [-0.2, -0.15) is 0 Å². The Labute approximate surface area is 90.7 Å². The van der Waals surface area contributed by atoms with Gasteiger partial charge in [0, 0.05) is 13.1 Å². The minimum absolute atomic E-state index is 0.000278. The van der Waals surface area contributed by atoms with Gasteiger partial charge in [0.25, 0.3) is 0 Å². The monoisotopic (exact) mass is 226 g/mol. The highest BCUT2D eigenvalue weighted by Gasteiger charge is 2.21. The van der Waals surface area contributed by atoms with Crippen molar-refractivity contribution >= 4 is 11.5 Å². The highest BCUT2D eigenvalue weighted by molar-refractivity contribution is 5.61. The molecule has 0 unspecified atom stereocenters. The number of nitrogens with one attached hydrogen (secondary N) is 2. The van der Waals surface area contributed by atoms with Crippen LogP contribution in [0.3, 0.4) is 0 Å². The molecule has 1 saturated heterocycles. The zero-order chi connectivity index (χ0) is 11.9. The molecule has 0 radical (unpaired) electrons. The van der Waals surface area contributed by atoms with Gasteiger partial charge in [-0.05, 0) is 12.8 Å². The van der Waals surface area contributed by atoms with E-state index in [1.807, 2.05) is 0 Å². The molecule has 8 heteroatoms. The molecule has 0 aliphatic carbocycles. The molecular formula is C8H14N6O2. The SMILES string of the molecule is N=c1c(N)c(N2CCCC2)n(O)n(O)c1=N. The Morgan fingerprint density at radius 2 is 1.62 bits per heavy atom. The lowest BCUT2D eigenvalue weighted by Gasteiger charge is -2.22. The average Bonchev–Trinajstić information content (AvgIpc) is 2.77. The maximum absolute atomic E-state index is 9.65. The highest BCUT2D eigenvalue weighted by Crippen LogP contribution is 2.21. The zero-order valence-corrected chi connectivity index (χ0v) is 8.64. The van der Waals surface area contributed by atoms with Gasteiger partial charge in [0.05, 0.1) is 0 Å². The molecule has 2 rings (SSSR count). The van der Waals surface area contributed by atoms with Crippen LogP contribution in [0.25, 0.3) is 0 Å². The summed E-state index contributed by atoms with van der Waals surface area (Å²) >= 11 is 0. The maximum Gasteiger partial charge on any atom is 0.211 e. The highest BCUT2D eigenvalue weighted by atomic mass is 16.6. The Morgan fingerprint density at radius 3 is 2.19 bits per heavy atom. The predicted octanol–water partition coefficient (Wildman–Crippen LogP) is -1.09. The lowest BCUT2D eigenvalue weighted by Crippen LogP contribution is -2.43. The standard InChI is InChI=1S/C8H14N6O2/c9-5-6(10)8(12-3-1-2-4-12)14(16)13(15)7(5)11/h9,11,15-16H,1-4,10H2. The van der Waals surface area contributed by atoms with Gasteiger partial charge < -0.3 is 21.0 Å². The Balaban J connectivity index is 2.69. The number of nitrogens with zero attached hydrogens (tertiary/aromatic N) is 3. The number of hydrogen-bond donors (Lipinski definition) is 5. The third-order valence-corrected chi connectivity index (χ3v) is 2.72. The second-order valence-electron chi connectivity index (χ2n) is 3.73. The number of rotatable bonds is 1. The predicted molar refractivity (Wildman–Crippen MR) is 54.4 cm³/mol. The molecule has 6 N–H and O–H groups in total. The summed E-state index contributed by atoms with van der Waals surface area (Å²) in [6.07, 6.45) is 1.95. The van der Waals surface area contributed by atoms with Crippen molar-refractivity contribution in [3.63, 3.8) is 0 Å². The van der Waals surface area contributed by atoms with Crippen molar-refractivity contribution < 1.29 is 10.4 Å². The second kappa shape index (κ2) is 3.47. The van der Waals surface area contributed by atoms with Crippen LogP contribution in [0.4, 0.5) is 11.5 Å². The molecule has 0 aromatic carbocycles. The molecule has 0 bridgehead atoms. The van der Waals surface area contributed by atoms with Crippen molar-refractivity contribution in [2.75, 3.05) is 23.7 Å². The van der Waals surface area contributed by atoms with Gasteiger partial charge in [0.1, 0.15) is 11.0 Å². The van der Waals surface area contributed by atoms with Gasteiger partial charge in [0.15, 0.2) is 5.82 Å². The van der Waals surface area contributed by atoms with Crippen LogP contribution in [0.15, 0.2) is 0 Å². The van der Waals surface area contributed by atoms with E-state index in [-0.39, 0.29) is 21.7 Å². The molecule has 16 heavy (non-hydrogen) atoms. The van der Waals surface area contributed by atoms with Gasteiger partial charge in [-0.1, -0.05) is 9.69 Å². The smallest absolute Gasteiger partial charge is 0.211 e. The molecule has 0 amide bonds. The van der Waals surface area contributed by atoms with E-state index in [2.05, 4.69) is 0 Å². The number of hydrogen-bond acceptors (Lipinski definition) is 6. The van der Waals surface area contributed by atoms with Gasteiger partial charge in [-0.15, -0.1) is 0 Å². The maximum atomic E-state index is 9.65. The van der Waals surface area contributed by atoms with Crippen LogP contribution in [-0.2, 0) is 0 Å². The number of aromatic nitrogens is 2. The number of nitrogen functional groups attached to an aromatic ring is 1. The van der Waals surface area contributed by atoms with Gasteiger partial charge >= 0.3 is 0 Å². The van der Waals surface area contributed by atoms with Gasteiger partial charge in [-0.3, -0.25) is 10.8 Å². The summed E-state index contributed by atoms with van der Waals surface area (Å²) in [7, 11) is 0. The Bertz CT molecular complexity index is 525. The van der Waals surface area contributed by atoms with Crippen molar-refractivity contribution in [3.8, 4) is 0 Å². The summed E-state index contributed by atoms with van der Waals surface area (Å²) in [6.45, 7) is 1.42. The van der Waals surface area contributed by atoms with Crippen molar-refractivity contribution in [1.82, 2.24) is 9.69 Å². The van der Waals surface area contributed by atoms with E-state index in [0.717, 1.165) is 12.8 Å². The fraction of sp³-hybridized carbons (Fsp3) is 0.500. The first-order valence-corrected chi connectivity index (χ1v) is 4.94. The first-order valence-electron chi connectivity index (χ1n) is 4.94. The van der Waals surface area contributed by atoms with E-state index >= 15 is 0 Å². The molecule has 1 aliphatic heterocycles. The molecule has 0 spiro atoms. The van der Waals surface area contributed by atoms with Crippen molar-refractivity contribution in [3.05, 3.63) is 10.8 Å². The van der Waals surface area contributed by atoms with Gasteiger partial charge in [-0.25, -0.2) is 0 Å². The van der Waals surface area contributed by atoms with E-state index < -0.39 is 5.49 Å². The lowest BCUT2D eigenvalue weighted by atomic mass is 10.4. The minimum Gasteiger partial charge on any atom is -0.409 e. The Hall–Kier alpha value is -2.12. The van der Waals surface area contributed by atoms with E-state index in [0.29, 0.717) is 17.9 Å². The molecule has 0 saturated carbocycles. The number of nitrogens with two attached hydrogens (primary N) is 1. The molecule has 2 heterocycles. The van der Waals surface area contributed by atoms with Crippen LogP contribution in [0.5, 0.6) is 0 Å². The third-order valence-electron chi connectivity index (χ3n) is 2.72. The van der Waals surface area contributed by atoms with Crippen LogP contribution >= 0.6 is 0 Å². The van der Waals surface area contributed by atoms with Crippen LogP contribution in [0.2, 0.25) is 0 Å². The van der Waals surface area contributed by atoms with E-state index in [1.54, 1.807) is 4.90 Å².